The average molecular weight is 264 g/mol. The van der Waals surface area contributed by atoms with Crippen LogP contribution in [-0.2, 0) is 16.0 Å². The van der Waals surface area contributed by atoms with Gasteiger partial charge in [0.25, 0.3) is 0 Å². The molecule has 1 aromatic rings. The fourth-order valence-corrected chi connectivity index (χ4v) is 1.71. The Kier molecular flexibility index (Phi) is 5.06. The second-order valence-electron chi connectivity index (χ2n) is 2.80. The normalized spacial score (nSPS) is 13.1. The topological polar surface area (TPSA) is 49.2 Å². The summed E-state index contributed by atoms with van der Waals surface area (Å²) in [6.07, 6.45) is 1.73. The zero-order valence-corrected chi connectivity index (χ0v) is 9.90. The average Bonchev–Trinajstić information content (AvgIpc) is 2.63. The van der Waals surface area contributed by atoms with E-state index in [4.69, 9.17) is 9.47 Å². The Morgan fingerprint density at radius 1 is 1.50 bits per heavy atom. The molecular formula is C8H14BrN3O2. The molecule has 1 aromatic heterocycles. The summed E-state index contributed by atoms with van der Waals surface area (Å²) in [4.78, 5) is 0.124. The van der Waals surface area contributed by atoms with E-state index in [1.807, 2.05) is 4.68 Å². The first-order valence-electron chi connectivity index (χ1n) is 4.30. The molecule has 0 saturated carbocycles. The molecule has 0 radical (unpaired) electrons. The summed E-state index contributed by atoms with van der Waals surface area (Å²) in [5.41, 5.74) is 1.00. The van der Waals surface area contributed by atoms with Crippen molar-refractivity contribution >= 4 is 15.9 Å². The van der Waals surface area contributed by atoms with Gasteiger partial charge in [-0.3, -0.25) is 0 Å². The van der Waals surface area contributed by atoms with Gasteiger partial charge in [-0.2, -0.15) is 0 Å². The summed E-state index contributed by atoms with van der Waals surface area (Å²) >= 11 is 3.50. The Labute approximate surface area is 91.5 Å². The first kappa shape index (κ1) is 11.6. The molecule has 6 heteroatoms. The molecule has 5 nitrogen and oxygen atoms in total. The minimum atomic E-state index is 0.124. The van der Waals surface area contributed by atoms with Crippen molar-refractivity contribution in [1.82, 2.24) is 15.0 Å². The summed E-state index contributed by atoms with van der Waals surface area (Å²) in [5, 5.41) is 7.81. The summed E-state index contributed by atoms with van der Waals surface area (Å²) in [5.74, 6) is 0. The van der Waals surface area contributed by atoms with Gasteiger partial charge in [-0.1, -0.05) is 21.1 Å². The van der Waals surface area contributed by atoms with Gasteiger partial charge in [0.15, 0.2) is 0 Å². The SMILES string of the molecule is COCCn1nncc1C(Br)COC. The minimum Gasteiger partial charge on any atom is -0.383 e. The quantitative estimate of drug-likeness (QED) is 0.719. The summed E-state index contributed by atoms with van der Waals surface area (Å²) in [6, 6.07) is 0. The lowest BCUT2D eigenvalue weighted by Crippen LogP contribution is -2.12. The Morgan fingerprint density at radius 3 is 2.93 bits per heavy atom. The van der Waals surface area contributed by atoms with Crippen LogP contribution in [0, 0.1) is 0 Å². The fraction of sp³-hybridized carbons (Fsp3) is 0.750. The lowest BCUT2D eigenvalue weighted by atomic mass is 10.3. The van der Waals surface area contributed by atoms with Crippen LogP contribution in [0.2, 0.25) is 0 Å². The molecule has 0 saturated heterocycles. The number of halogens is 1. The lowest BCUT2D eigenvalue weighted by molar-refractivity contribution is 0.178. The van der Waals surface area contributed by atoms with Crippen LogP contribution in [0.3, 0.4) is 0 Å². The van der Waals surface area contributed by atoms with Gasteiger partial charge in [-0.05, 0) is 0 Å². The molecule has 0 aliphatic carbocycles. The molecule has 80 valence electrons. The number of hydrogen-bond acceptors (Lipinski definition) is 4. The van der Waals surface area contributed by atoms with Crippen molar-refractivity contribution in [3.8, 4) is 0 Å². The Morgan fingerprint density at radius 2 is 2.29 bits per heavy atom. The van der Waals surface area contributed by atoms with Gasteiger partial charge >= 0.3 is 0 Å². The highest BCUT2D eigenvalue weighted by atomic mass is 79.9. The van der Waals surface area contributed by atoms with Gasteiger partial charge in [0.05, 0.1) is 36.5 Å². The molecule has 0 aromatic carbocycles. The lowest BCUT2D eigenvalue weighted by Gasteiger charge is -2.10. The van der Waals surface area contributed by atoms with Crippen LogP contribution in [0.25, 0.3) is 0 Å². The number of alkyl halides is 1. The number of nitrogens with zero attached hydrogens (tertiary/aromatic N) is 3. The third-order valence-corrected chi connectivity index (χ3v) is 2.52. The number of hydrogen-bond donors (Lipinski definition) is 0. The molecule has 1 rings (SSSR count). The van der Waals surface area contributed by atoms with Crippen LogP contribution < -0.4 is 0 Å². The Hall–Kier alpha value is -0.460. The monoisotopic (exact) mass is 263 g/mol. The second-order valence-corrected chi connectivity index (χ2v) is 3.90. The second kappa shape index (κ2) is 6.10. The molecule has 0 spiro atoms. The largest absolute Gasteiger partial charge is 0.383 e. The predicted molar refractivity (Wildman–Crippen MR) is 55.4 cm³/mol. The number of ether oxygens (including phenoxy) is 2. The first-order chi connectivity index (χ1) is 6.79. The summed E-state index contributed by atoms with van der Waals surface area (Å²) in [6.45, 7) is 1.93. The molecule has 1 unspecified atom stereocenters. The van der Waals surface area contributed by atoms with E-state index < -0.39 is 0 Å². The highest BCUT2D eigenvalue weighted by Gasteiger charge is 2.13. The van der Waals surface area contributed by atoms with Crippen molar-refractivity contribution in [3.63, 3.8) is 0 Å². The van der Waals surface area contributed by atoms with Gasteiger partial charge in [0.1, 0.15) is 0 Å². The van der Waals surface area contributed by atoms with Crippen molar-refractivity contribution in [2.75, 3.05) is 27.4 Å². The predicted octanol–water partition coefficient (Wildman–Crippen LogP) is 1.01. The van der Waals surface area contributed by atoms with Crippen LogP contribution >= 0.6 is 15.9 Å². The fourth-order valence-electron chi connectivity index (χ4n) is 1.09. The molecule has 14 heavy (non-hydrogen) atoms. The van der Waals surface area contributed by atoms with Crippen molar-refractivity contribution in [2.24, 2.45) is 0 Å². The van der Waals surface area contributed by atoms with Gasteiger partial charge in [0.2, 0.25) is 0 Å². The molecule has 0 fully saturated rings. The van der Waals surface area contributed by atoms with E-state index in [2.05, 4.69) is 26.2 Å². The third-order valence-electron chi connectivity index (χ3n) is 1.79. The van der Waals surface area contributed by atoms with Crippen LogP contribution in [0.5, 0.6) is 0 Å². The molecule has 1 heterocycles. The molecule has 0 aliphatic rings. The molecular weight excluding hydrogens is 250 g/mol. The van der Waals surface area contributed by atoms with Gasteiger partial charge in [-0.25, -0.2) is 4.68 Å². The van der Waals surface area contributed by atoms with Gasteiger partial charge < -0.3 is 9.47 Å². The van der Waals surface area contributed by atoms with Crippen LogP contribution in [-0.4, -0.2) is 42.4 Å². The maximum absolute atomic E-state index is 5.04. The minimum absolute atomic E-state index is 0.124. The molecule has 0 N–H and O–H groups in total. The third kappa shape index (κ3) is 3.04. The Balaban J connectivity index is 2.61. The standard InChI is InChI=1S/C8H14BrN3O2/c1-13-4-3-12-8(5-10-11-12)7(9)6-14-2/h5,7H,3-4,6H2,1-2H3. The van der Waals surface area contributed by atoms with Crippen molar-refractivity contribution in [2.45, 2.75) is 11.4 Å². The van der Waals surface area contributed by atoms with Crippen molar-refractivity contribution in [3.05, 3.63) is 11.9 Å². The number of rotatable bonds is 6. The number of methoxy groups -OCH3 is 2. The van der Waals surface area contributed by atoms with Crippen LogP contribution in [0.4, 0.5) is 0 Å². The van der Waals surface area contributed by atoms with E-state index >= 15 is 0 Å². The Bertz CT molecular complexity index is 267. The molecule has 0 bridgehead atoms. The van der Waals surface area contributed by atoms with E-state index in [1.165, 1.54) is 0 Å². The number of aromatic nitrogens is 3. The van der Waals surface area contributed by atoms with Crippen molar-refractivity contribution < 1.29 is 9.47 Å². The highest BCUT2D eigenvalue weighted by Crippen LogP contribution is 2.21. The van der Waals surface area contributed by atoms with E-state index in [1.54, 1.807) is 20.4 Å². The van der Waals surface area contributed by atoms with E-state index in [0.29, 0.717) is 19.8 Å². The summed E-state index contributed by atoms with van der Waals surface area (Å²) < 4.78 is 11.8. The zero-order chi connectivity index (χ0) is 10.4. The van der Waals surface area contributed by atoms with Crippen molar-refractivity contribution in [1.29, 1.82) is 0 Å². The van der Waals surface area contributed by atoms with E-state index in [-0.39, 0.29) is 4.83 Å². The summed E-state index contributed by atoms with van der Waals surface area (Å²) in [7, 11) is 3.33. The zero-order valence-electron chi connectivity index (χ0n) is 8.31. The van der Waals surface area contributed by atoms with Crippen LogP contribution in [0.1, 0.15) is 10.5 Å². The molecule has 0 aliphatic heterocycles. The maximum atomic E-state index is 5.04. The molecule has 1 atom stereocenters. The van der Waals surface area contributed by atoms with E-state index in [0.717, 1.165) is 5.69 Å². The molecule has 0 amide bonds. The first-order valence-corrected chi connectivity index (χ1v) is 5.21. The highest BCUT2D eigenvalue weighted by molar-refractivity contribution is 9.09. The van der Waals surface area contributed by atoms with E-state index in [9.17, 15) is 0 Å². The maximum Gasteiger partial charge on any atom is 0.0814 e. The van der Waals surface area contributed by atoms with Gasteiger partial charge in [-0.15, -0.1) is 5.10 Å². The smallest absolute Gasteiger partial charge is 0.0814 e. The van der Waals surface area contributed by atoms with Crippen LogP contribution in [0.15, 0.2) is 6.20 Å². The van der Waals surface area contributed by atoms with Gasteiger partial charge in [0, 0.05) is 14.2 Å².